The van der Waals surface area contributed by atoms with Crippen LogP contribution in [0.5, 0.6) is 5.75 Å². The molecule has 3 nitrogen and oxygen atoms in total. The van der Waals surface area contributed by atoms with E-state index < -0.39 is 0 Å². The van der Waals surface area contributed by atoms with Crippen LogP contribution in [0.1, 0.15) is 30.0 Å². The van der Waals surface area contributed by atoms with Gasteiger partial charge in [0, 0.05) is 18.6 Å². The van der Waals surface area contributed by atoms with Crippen LogP contribution < -0.4 is 10.5 Å². The summed E-state index contributed by atoms with van der Waals surface area (Å²) in [5.74, 6) is 1.01. The third kappa shape index (κ3) is 1.60. The van der Waals surface area contributed by atoms with Crippen molar-refractivity contribution in [3.05, 3.63) is 29.3 Å². The van der Waals surface area contributed by atoms with Gasteiger partial charge < -0.3 is 15.2 Å². The van der Waals surface area contributed by atoms with Crippen LogP contribution in [-0.2, 0) is 11.2 Å². The zero-order valence-corrected chi connectivity index (χ0v) is 9.32. The molecule has 2 heterocycles. The highest BCUT2D eigenvalue weighted by atomic mass is 16.5. The molecular formula is C13H17NO2. The summed E-state index contributed by atoms with van der Waals surface area (Å²) in [4.78, 5) is 0. The fourth-order valence-corrected chi connectivity index (χ4v) is 2.59. The first-order chi connectivity index (χ1) is 7.86. The van der Waals surface area contributed by atoms with Crippen LogP contribution in [0.3, 0.4) is 0 Å². The van der Waals surface area contributed by atoms with Gasteiger partial charge in [-0.1, -0.05) is 18.2 Å². The van der Waals surface area contributed by atoms with Crippen LogP contribution in [0.25, 0.3) is 0 Å². The van der Waals surface area contributed by atoms with E-state index in [1.54, 1.807) is 0 Å². The molecule has 3 heteroatoms. The van der Waals surface area contributed by atoms with Crippen molar-refractivity contribution < 1.29 is 9.47 Å². The monoisotopic (exact) mass is 219 g/mol. The number of ether oxygens (including phenoxy) is 2. The summed E-state index contributed by atoms with van der Waals surface area (Å²) in [6, 6.07) is 6.21. The molecule has 0 spiro atoms. The smallest absolute Gasteiger partial charge is 0.127 e. The Hall–Kier alpha value is -1.06. The molecule has 1 fully saturated rings. The van der Waals surface area contributed by atoms with Crippen molar-refractivity contribution in [1.29, 1.82) is 0 Å². The van der Waals surface area contributed by atoms with E-state index in [4.69, 9.17) is 15.2 Å². The van der Waals surface area contributed by atoms with E-state index in [-0.39, 0.29) is 12.1 Å². The Morgan fingerprint density at radius 3 is 3.06 bits per heavy atom. The number of nitrogens with two attached hydrogens (primary N) is 1. The fraction of sp³-hybridized carbons (Fsp3) is 0.538. The molecule has 0 bridgehead atoms. The first-order valence-corrected chi connectivity index (χ1v) is 5.98. The van der Waals surface area contributed by atoms with E-state index >= 15 is 0 Å². The second kappa shape index (κ2) is 4.07. The molecule has 2 N–H and O–H groups in total. The molecule has 2 unspecified atom stereocenters. The first kappa shape index (κ1) is 10.1. The summed E-state index contributed by atoms with van der Waals surface area (Å²) in [7, 11) is 0. The second-order valence-electron chi connectivity index (χ2n) is 4.51. The van der Waals surface area contributed by atoms with Gasteiger partial charge in [0.15, 0.2) is 0 Å². The van der Waals surface area contributed by atoms with Crippen molar-refractivity contribution in [3.8, 4) is 5.75 Å². The van der Waals surface area contributed by atoms with Crippen molar-refractivity contribution in [2.75, 3.05) is 13.2 Å². The number of fused-ring (bicyclic) bond motifs is 1. The second-order valence-corrected chi connectivity index (χ2v) is 4.51. The van der Waals surface area contributed by atoms with E-state index in [1.165, 1.54) is 5.56 Å². The number of benzene rings is 1. The van der Waals surface area contributed by atoms with Crippen LogP contribution in [0.4, 0.5) is 0 Å². The Balaban J connectivity index is 1.91. The highest BCUT2D eigenvalue weighted by Crippen LogP contribution is 2.36. The molecular weight excluding hydrogens is 202 g/mol. The Morgan fingerprint density at radius 1 is 1.31 bits per heavy atom. The summed E-state index contributed by atoms with van der Waals surface area (Å²) in [6.07, 6.45) is 3.34. The summed E-state index contributed by atoms with van der Waals surface area (Å²) < 4.78 is 11.3. The van der Waals surface area contributed by atoms with Crippen LogP contribution in [0.15, 0.2) is 18.2 Å². The van der Waals surface area contributed by atoms with Crippen molar-refractivity contribution in [2.24, 2.45) is 5.73 Å². The van der Waals surface area contributed by atoms with E-state index in [0.717, 1.165) is 43.8 Å². The molecule has 0 saturated carbocycles. The van der Waals surface area contributed by atoms with Gasteiger partial charge in [-0.2, -0.15) is 0 Å². The van der Waals surface area contributed by atoms with Crippen molar-refractivity contribution in [3.63, 3.8) is 0 Å². The third-order valence-corrected chi connectivity index (χ3v) is 3.47. The van der Waals surface area contributed by atoms with Gasteiger partial charge in [-0.3, -0.25) is 0 Å². The van der Waals surface area contributed by atoms with Gasteiger partial charge in [-0.25, -0.2) is 0 Å². The maximum atomic E-state index is 6.27. The Bertz CT molecular complexity index is 386. The highest BCUT2D eigenvalue weighted by Gasteiger charge is 2.28. The number of hydrogen-bond donors (Lipinski definition) is 1. The lowest BCUT2D eigenvalue weighted by molar-refractivity contribution is 0.0892. The quantitative estimate of drug-likeness (QED) is 0.825. The molecule has 0 amide bonds. The SMILES string of the molecule is NC(c1cccc2c1OCC2)C1CCCO1. The predicted octanol–water partition coefficient (Wildman–Crippen LogP) is 1.80. The molecule has 3 rings (SSSR count). The van der Waals surface area contributed by atoms with Gasteiger partial charge in [-0.05, 0) is 18.4 Å². The van der Waals surface area contributed by atoms with E-state index in [2.05, 4.69) is 18.2 Å². The standard InChI is InChI=1S/C13H17NO2/c14-12(11-5-2-7-15-11)10-4-1-3-9-6-8-16-13(9)10/h1,3-4,11-12H,2,5-8,14H2. The first-order valence-electron chi connectivity index (χ1n) is 5.98. The highest BCUT2D eigenvalue weighted by molar-refractivity contribution is 5.45. The van der Waals surface area contributed by atoms with Gasteiger partial charge in [0.1, 0.15) is 5.75 Å². The molecule has 1 saturated heterocycles. The molecule has 0 aromatic heterocycles. The van der Waals surface area contributed by atoms with Crippen LogP contribution in [0.2, 0.25) is 0 Å². The Labute approximate surface area is 95.5 Å². The minimum atomic E-state index is -0.0458. The molecule has 2 aliphatic rings. The van der Waals surface area contributed by atoms with Crippen molar-refractivity contribution >= 4 is 0 Å². The summed E-state index contributed by atoms with van der Waals surface area (Å²) in [6.45, 7) is 1.62. The lowest BCUT2D eigenvalue weighted by Gasteiger charge is -2.20. The summed E-state index contributed by atoms with van der Waals surface area (Å²) in [5.41, 5.74) is 8.66. The normalized spacial score (nSPS) is 25.2. The molecule has 2 aliphatic heterocycles. The van der Waals surface area contributed by atoms with Crippen LogP contribution in [0, 0.1) is 0 Å². The fourth-order valence-electron chi connectivity index (χ4n) is 2.59. The molecule has 2 atom stereocenters. The number of hydrogen-bond acceptors (Lipinski definition) is 3. The minimum absolute atomic E-state index is 0.0458. The largest absolute Gasteiger partial charge is 0.493 e. The Kier molecular flexibility index (Phi) is 2.58. The summed E-state index contributed by atoms with van der Waals surface area (Å²) in [5, 5.41) is 0. The summed E-state index contributed by atoms with van der Waals surface area (Å²) >= 11 is 0. The molecule has 0 radical (unpaired) electrons. The third-order valence-electron chi connectivity index (χ3n) is 3.47. The van der Waals surface area contributed by atoms with Gasteiger partial charge in [0.25, 0.3) is 0 Å². The zero-order valence-electron chi connectivity index (χ0n) is 9.32. The molecule has 1 aromatic rings. The average molecular weight is 219 g/mol. The van der Waals surface area contributed by atoms with Crippen molar-refractivity contribution in [1.82, 2.24) is 0 Å². The van der Waals surface area contributed by atoms with Gasteiger partial charge in [0.2, 0.25) is 0 Å². The van der Waals surface area contributed by atoms with Crippen LogP contribution in [-0.4, -0.2) is 19.3 Å². The lowest BCUT2D eigenvalue weighted by atomic mass is 9.97. The molecule has 16 heavy (non-hydrogen) atoms. The average Bonchev–Trinajstić information content (AvgIpc) is 2.98. The van der Waals surface area contributed by atoms with Crippen LogP contribution >= 0.6 is 0 Å². The van der Waals surface area contributed by atoms with Crippen molar-refractivity contribution in [2.45, 2.75) is 31.4 Å². The van der Waals surface area contributed by atoms with Gasteiger partial charge >= 0.3 is 0 Å². The Morgan fingerprint density at radius 2 is 2.25 bits per heavy atom. The molecule has 86 valence electrons. The molecule has 0 aliphatic carbocycles. The van der Waals surface area contributed by atoms with Gasteiger partial charge in [0.05, 0.1) is 18.8 Å². The predicted molar refractivity (Wildman–Crippen MR) is 61.5 cm³/mol. The zero-order chi connectivity index (χ0) is 11.0. The minimum Gasteiger partial charge on any atom is -0.493 e. The van der Waals surface area contributed by atoms with E-state index in [9.17, 15) is 0 Å². The maximum Gasteiger partial charge on any atom is 0.127 e. The maximum absolute atomic E-state index is 6.27. The molecule has 1 aromatic carbocycles. The van der Waals surface area contributed by atoms with Gasteiger partial charge in [-0.15, -0.1) is 0 Å². The van der Waals surface area contributed by atoms with E-state index in [1.807, 2.05) is 0 Å². The lowest BCUT2D eigenvalue weighted by Crippen LogP contribution is -2.25. The number of para-hydroxylation sites is 1. The number of rotatable bonds is 2. The van der Waals surface area contributed by atoms with E-state index in [0.29, 0.717) is 0 Å². The topological polar surface area (TPSA) is 44.5 Å².